The van der Waals surface area contributed by atoms with Gasteiger partial charge in [0.05, 0.1) is 20.8 Å². The molecule has 2 aliphatic carbocycles. The van der Waals surface area contributed by atoms with E-state index in [-0.39, 0.29) is 21.7 Å². The number of nitrogen functional groups attached to an aromatic ring is 1. The largest absolute Gasteiger partial charge is 0.399 e. The summed E-state index contributed by atoms with van der Waals surface area (Å²) in [7, 11) is -5.34. The molecule has 1 heterocycles. The second-order valence-corrected chi connectivity index (χ2v) is 13.6. The summed E-state index contributed by atoms with van der Waals surface area (Å²) >= 11 is 0. The molecule has 10 nitrogen and oxygen atoms in total. The first kappa shape index (κ1) is 26.4. The fraction of sp³-hybridized carbons (Fsp3) is 0.458. The lowest BCUT2D eigenvalue weighted by Crippen LogP contribution is -2.34. The first-order chi connectivity index (χ1) is 16.7. The third-order valence-electron chi connectivity index (χ3n) is 6.75. The van der Waals surface area contributed by atoms with E-state index in [0.717, 1.165) is 37.7 Å². The van der Waals surface area contributed by atoms with Gasteiger partial charge in [-0.3, -0.25) is 4.57 Å². The fourth-order valence-corrected chi connectivity index (χ4v) is 6.77. The molecule has 0 spiro atoms. The molecular formula is C24H33N5O5S2. The average molecular weight is 536 g/mol. The molecule has 2 saturated carbocycles. The monoisotopic (exact) mass is 535 g/mol. The zero-order chi connectivity index (χ0) is 26.5. The maximum atomic E-state index is 12.2. The minimum atomic E-state index is -3.53. The third-order valence-corrected chi connectivity index (χ3v) is 10.0. The number of anilines is 1. The molecule has 12 heteroatoms. The lowest BCUT2D eigenvalue weighted by atomic mass is 10.1. The molecule has 0 atom stereocenters. The molecule has 0 unspecified atom stereocenters. The van der Waals surface area contributed by atoms with Crippen LogP contribution >= 0.6 is 0 Å². The number of H-pyrrole nitrogens is 1. The predicted octanol–water partition coefficient (Wildman–Crippen LogP) is 2.36. The number of aromatic nitrogens is 2. The maximum absolute atomic E-state index is 12.2. The van der Waals surface area contributed by atoms with E-state index in [4.69, 9.17) is 5.73 Å². The predicted molar refractivity (Wildman–Crippen MR) is 140 cm³/mol. The summed E-state index contributed by atoms with van der Waals surface area (Å²) in [5.74, 6) is 0. The van der Waals surface area contributed by atoms with Crippen LogP contribution in [0.4, 0.5) is 5.69 Å². The van der Waals surface area contributed by atoms with Crippen molar-refractivity contribution < 1.29 is 16.8 Å². The van der Waals surface area contributed by atoms with E-state index in [1.807, 2.05) is 20.8 Å². The van der Waals surface area contributed by atoms with Gasteiger partial charge >= 0.3 is 5.69 Å². The molecule has 0 bridgehead atoms. The number of hydrogen-bond acceptors (Lipinski definition) is 6. The summed E-state index contributed by atoms with van der Waals surface area (Å²) in [6.45, 7) is 5.76. The van der Waals surface area contributed by atoms with E-state index in [2.05, 4.69) is 14.4 Å². The average Bonchev–Trinajstić information content (AvgIpc) is 3.69. The van der Waals surface area contributed by atoms with Crippen LogP contribution in [-0.2, 0) is 33.5 Å². The van der Waals surface area contributed by atoms with Gasteiger partial charge in [-0.25, -0.2) is 31.1 Å². The fourth-order valence-electron chi connectivity index (χ4n) is 3.77. The number of nitrogens with two attached hydrogens (primary N) is 1. The molecule has 36 heavy (non-hydrogen) atoms. The second-order valence-electron chi connectivity index (χ2n) is 10.2. The van der Waals surface area contributed by atoms with Crippen molar-refractivity contribution in [1.29, 1.82) is 0 Å². The van der Waals surface area contributed by atoms with Gasteiger partial charge in [-0.1, -0.05) is 6.92 Å². The van der Waals surface area contributed by atoms with Crippen LogP contribution in [0, 0.1) is 0 Å². The van der Waals surface area contributed by atoms with Crippen molar-refractivity contribution in [2.45, 2.75) is 73.7 Å². The molecule has 2 fully saturated rings. The maximum Gasteiger partial charge on any atom is 0.326 e. The number of benzene rings is 2. The SMILES string of the molecule is CCc1cc(S(=O)(=O)NC2(C)CC2)ccc1N.Cn1c(=O)[nH]c2ccc(S(=O)(=O)NC3(C)CC3)cc21. The molecule has 196 valence electrons. The molecule has 0 amide bonds. The Morgan fingerprint density at radius 3 is 1.92 bits per heavy atom. The van der Waals surface area contributed by atoms with Crippen molar-refractivity contribution in [3.05, 3.63) is 52.4 Å². The molecule has 2 aromatic carbocycles. The van der Waals surface area contributed by atoms with Gasteiger partial charge in [0.15, 0.2) is 0 Å². The first-order valence-electron chi connectivity index (χ1n) is 11.8. The van der Waals surface area contributed by atoms with Crippen LogP contribution in [0.1, 0.15) is 52.0 Å². The summed E-state index contributed by atoms with van der Waals surface area (Å²) in [4.78, 5) is 14.6. The number of aryl methyl sites for hydroxylation is 2. The van der Waals surface area contributed by atoms with E-state index in [0.29, 0.717) is 21.6 Å². The normalized spacial score (nSPS) is 17.9. The van der Waals surface area contributed by atoms with Gasteiger partial charge in [-0.2, -0.15) is 0 Å². The van der Waals surface area contributed by atoms with Crippen molar-refractivity contribution in [3.63, 3.8) is 0 Å². The Labute approximate surface area is 211 Å². The van der Waals surface area contributed by atoms with Crippen LogP contribution in [0.15, 0.2) is 51.0 Å². The van der Waals surface area contributed by atoms with Gasteiger partial charge in [-0.05, 0) is 87.9 Å². The Balaban J connectivity index is 0.000000170. The highest BCUT2D eigenvalue weighted by Gasteiger charge is 2.42. The quantitative estimate of drug-likeness (QED) is 0.340. The number of sulfonamides is 2. The van der Waals surface area contributed by atoms with Gasteiger partial charge in [0.1, 0.15) is 0 Å². The third kappa shape index (κ3) is 5.66. The van der Waals surface area contributed by atoms with Gasteiger partial charge in [0, 0.05) is 23.8 Å². The van der Waals surface area contributed by atoms with E-state index in [9.17, 15) is 21.6 Å². The van der Waals surface area contributed by atoms with Crippen LogP contribution in [0.5, 0.6) is 0 Å². The second kappa shape index (κ2) is 9.02. The Morgan fingerprint density at radius 1 is 0.917 bits per heavy atom. The summed E-state index contributed by atoms with van der Waals surface area (Å²) in [5.41, 5.74) is 7.68. The molecule has 1 aromatic heterocycles. The minimum absolute atomic E-state index is 0.183. The van der Waals surface area contributed by atoms with E-state index < -0.39 is 20.0 Å². The van der Waals surface area contributed by atoms with E-state index >= 15 is 0 Å². The highest BCUT2D eigenvalue weighted by molar-refractivity contribution is 7.89. The van der Waals surface area contributed by atoms with Crippen LogP contribution in [-0.4, -0.2) is 37.5 Å². The summed E-state index contributed by atoms with van der Waals surface area (Å²) < 4.78 is 55.5. The van der Waals surface area contributed by atoms with Crippen molar-refractivity contribution in [1.82, 2.24) is 19.0 Å². The molecule has 5 rings (SSSR count). The highest BCUT2D eigenvalue weighted by atomic mass is 32.2. The lowest BCUT2D eigenvalue weighted by molar-refractivity contribution is 0.556. The van der Waals surface area contributed by atoms with Gasteiger partial charge in [0.25, 0.3) is 0 Å². The van der Waals surface area contributed by atoms with Crippen molar-refractivity contribution in [2.24, 2.45) is 7.05 Å². The van der Waals surface area contributed by atoms with E-state index in [1.54, 1.807) is 31.3 Å². The Kier molecular flexibility index (Phi) is 6.61. The number of hydrogen-bond donors (Lipinski definition) is 4. The van der Waals surface area contributed by atoms with Crippen LogP contribution in [0.2, 0.25) is 0 Å². The number of aromatic amines is 1. The molecule has 5 N–H and O–H groups in total. The van der Waals surface area contributed by atoms with Crippen LogP contribution < -0.4 is 20.9 Å². The summed E-state index contributed by atoms with van der Waals surface area (Å²) in [5, 5.41) is 0. The number of nitrogens with one attached hydrogen (secondary N) is 3. The Morgan fingerprint density at radius 2 is 1.42 bits per heavy atom. The number of imidazole rings is 1. The van der Waals surface area contributed by atoms with E-state index in [1.165, 1.54) is 16.7 Å². The van der Waals surface area contributed by atoms with Crippen molar-refractivity contribution >= 4 is 36.8 Å². The van der Waals surface area contributed by atoms with Crippen molar-refractivity contribution in [3.8, 4) is 0 Å². The Hall–Kier alpha value is -2.67. The molecule has 3 aromatic rings. The van der Waals surface area contributed by atoms with Crippen molar-refractivity contribution in [2.75, 3.05) is 5.73 Å². The molecule has 0 aliphatic heterocycles. The molecule has 0 saturated heterocycles. The number of fused-ring (bicyclic) bond motifs is 1. The van der Waals surface area contributed by atoms with Gasteiger partial charge < -0.3 is 10.7 Å². The topological polar surface area (TPSA) is 156 Å². The summed E-state index contributed by atoms with van der Waals surface area (Å²) in [6.07, 6.45) is 4.25. The lowest BCUT2D eigenvalue weighted by Gasteiger charge is -2.13. The van der Waals surface area contributed by atoms with Crippen LogP contribution in [0.3, 0.4) is 0 Å². The minimum Gasteiger partial charge on any atom is -0.399 e. The highest BCUT2D eigenvalue weighted by Crippen LogP contribution is 2.37. The number of nitrogens with zero attached hydrogens (tertiary/aromatic N) is 1. The zero-order valence-corrected chi connectivity index (χ0v) is 22.5. The van der Waals surface area contributed by atoms with Gasteiger partial charge in [0.2, 0.25) is 20.0 Å². The molecule has 0 radical (unpaired) electrons. The number of rotatable bonds is 7. The smallest absolute Gasteiger partial charge is 0.326 e. The first-order valence-corrected chi connectivity index (χ1v) is 14.8. The summed E-state index contributed by atoms with van der Waals surface area (Å²) in [6, 6.07) is 9.50. The standard InChI is InChI=1S/C12H15N3O3S.C12H18N2O2S/c1-12(5-6-12)14-19(17,18)8-3-4-9-10(7-8)15(2)11(16)13-9;1-3-9-8-10(4-5-11(9)13)17(15,16)14-12(2)6-7-12/h3-4,7,14H,5-6H2,1-2H3,(H,13,16);4-5,8,14H,3,6-7,13H2,1-2H3. The van der Waals surface area contributed by atoms with Gasteiger partial charge in [-0.15, -0.1) is 0 Å². The van der Waals surface area contributed by atoms with Crippen LogP contribution in [0.25, 0.3) is 11.0 Å². The zero-order valence-electron chi connectivity index (χ0n) is 20.9. The molecule has 2 aliphatic rings. The molecular weight excluding hydrogens is 502 g/mol. The Bertz CT molecular complexity index is 1580.